The van der Waals surface area contributed by atoms with Crippen LogP contribution < -0.4 is 10.2 Å². The van der Waals surface area contributed by atoms with Crippen LogP contribution in [0.1, 0.15) is 45.5 Å². The van der Waals surface area contributed by atoms with Gasteiger partial charge in [-0.15, -0.1) is 11.3 Å². The second kappa shape index (κ2) is 10.6. The van der Waals surface area contributed by atoms with Crippen molar-refractivity contribution in [1.29, 1.82) is 0 Å². The molecule has 1 aromatic heterocycles. The second-order valence-corrected chi connectivity index (χ2v) is 11.9. The number of ether oxygens (including phenoxy) is 2. The molecule has 0 saturated carbocycles. The molecule has 6 rings (SSSR count). The third-order valence-corrected chi connectivity index (χ3v) is 9.06. The standard InChI is InChI=1S/C30H32FN3O5S/c1-30(2)26(35)24-23(29(34-10-14-39-15-11-34)40-25(24)27(36)32-30)19-5-3-4-18(16-19)21-17-20(6-7-22(21)31)28(37)33-8-12-38-13-9-33/h3-7,16-17,26,35H,8-15H2,1-2H3,(H,32,36)/t26-/m1/s1. The van der Waals surface area contributed by atoms with E-state index in [2.05, 4.69) is 10.2 Å². The molecule has 3 aromatic rings. The third-order valence-electron chi connectivity index (χ3n) is 7.80. The lowest BCUT2D eigenvalue weighted by molar-refractivity contribution is 0.0303. The van der Waals surface area contributed by atoms with Crippen molar-refractivity contribution in [2.24, 2.45) is 0 Å². The summed E-state index contributed by atoms with van der Waals surface area (Å²) in [6.07, 6.45) is -0.934. The van der Waals surface area contributed by atoms with Crippen LogP contribution in [0.3, 0.4) is 0 Å². The Balaban J connectivity index is 1.45. The molecule has 0 unspecified atom stereocenters. The lowest BCUT2D eigenvalue weighted by Crippen LogP contribution is -2.51. The highest BCUT2D eigenvalue weighted by molar-refractivity contribution is 7.19. The van der Waals surface area contributed by atoms with E-state index in [4.69, 9.17) is 9.47 Å². The number of benzene rings is 2. The van der Waals surface area contributed by atoms with E-state index < -0.39 is 17.5 Å². The normalized spacial score (nSPS) is 20.7. The van der Waals surface area contributed by atoms with E-state index in [9.17, 15) is 14.7 Å². The molecule has 40 heavy (non-hydrogen) atoms. The Hall–Kier alpha value is -3.31. The van der Waals surface area contributed by atoms with Gasteiger partial charge in [0.25, 0.3) is 11.8 Å². The van der Waals surface area contributed by atoms with E-state index in [0.717, 1.165) is 16.1 Å². The molecule has 0 spiro atoms. The largest absolute Gasteiger partial charge is 0.386 e. The van der Waals surface area contributed by atoms with Gasteiger partial charge in [0.2, 0.25) is 0 Å². The monoisotopic (exact) mass is 565 g/mol. The molecule has 2 fully saturated rings. The Labute approximate surface area is 236 Å². The van der Waals surface area contributed by atoms with E-state index in [0.29, 0.717) is 79.7 Å². The number of hydrogen-bond donors (Lipinski definition) is 2. The summed E-state index contributed by atoms with van der Waals surface area (Å²) in [5, 5.41) is 15.3. The zero-order valence-corrected chi connectivity index (χ0v) is 23.4. The molecule has 2 amide bonds. The van der Waals surface area contributed by atoms with Crippen LogP contribution in [-0.4, -0.2) is 80.0 Å². The van der Waals surface area contributed by atoms with Crippen molar-refractivity contribution in [3.63, 3.8) is 0 Å². The number of carbonyl (C=O) groups is 2. The van der Waals surface area contributed by atoms with Crippen LogP contribution >= 0.6 is 11.3 Å². The Morgan fingerprint density at radius 1 is 1.02 bits per heavy atom. The highest BCUT2D eigenvalue weighted by atomic mass is 32.1. The van der Waals surface area contributed by atoms with Gasteiger partial charge in [-0.25, -0.2) is 4.39 Å². The predicted molar refractivity (Wildman–Crippen MR) is 151 cm³/mol. The van der Waals surface area contributed by atoms with Gasteiger partial charge in [0.05, 0.1) is 32.0 Å². The van der Waals surface area contributed by atoms with Gasteiger partial charge >= 0.3 is 0 Å². The molecule has 2 saturated heterocycles. The van der Waals surface area contributed by atoms with Gasteiger partial charge in [-0.3, -0.25) is 9.59 Å². The highest BCUT2D eigenvalue weighted by Gasteiger charge is 2.43. The molecule has 0 bridgehead atoms. The zero-order chi connectivity index (χ0) is 28.0. The summed E-state index contributed by atoms with van der Waals surface area (Å²) in [5.41, 5.74) is 2.62. The van der Waals surface area contributed by atoms with Crippen molar-refractivity contribution in [1.82, 2.24) is 10.2 Å². The van der Waals surface area contributed by atoms with Crippen molar-refractivity contribution in [2.45, 2.75) is 25.5 Å². The van der Waals surface area contributed by atoms with Crippen LogP contribution in [-0.2, 0) is 9.47 Å². The number of anilines is 1. The fourth-order valence-electron chi connectivity index (χ4n) is 5.58. The van der Waals surface area contributed by atoms with Gasteiger partial charge < -0.3 is 29.7 Å². The number of fused-ring (bicyclic) bond motifs is 1. The van der Waals surface area contributed by atoms with Crippen molar-refractivity contribution in [3.8, 4) is 22.3 Å². The SMILES string of the molecule is CC1(C)NC(=O)c2sc(N3CCOCC3)c(-c3cccc(-c4cc(C(=O)N5CCOCC5)ccc4F)c3)c2[C@H]1O. The average Bonchev–Trinajstić information content (AvgIpc) is 3.38. The summed E-state index contributed by atoms with van der Waals surface area (Å²) in [6.45, 7) is 8.03. The van der Waals surface area contributed by atoms with Crippen molar-refractivity contribution >= 4 is 28.2 Å². The number of aliphatic hydroxyl groups is 1. The van der Waals surface area contributed by atoms with E-state index in [1.165, 1.54) is 23.5 Å². The summed E-state index contributed by atoms with van der Waals surface area (Å²) < 4.78 is 26.2. The second-order valence-electron chi connectivity index (χ2n) is 10.9. The lowest BCUT2D eigenvalue weighted by Gasteiger charge is -2.36. The summed E-state index contributed by atoms with van der Waals surface area (Å²) >= 11 is 1.37. The molecule has 0 radical (unpaired) electrons. The third kappa shape index (κ3) is 4.79. The summed E-state index contributed by atoms with van der Waals surface area (Å²) in [5.74, 6) is -0.803. The molecule has 3 aliphatic rings. The van der Waals surface area contributed by atoms with E-state index >= 15 is 4.39 Å². The number of morpholine rings is 2. The maximum absolute atomic E-state index is 15.2. The molecule has 210 valence electrons. The molecule has 1 atom stereocenters. The van der Waals surface area contributed by atoms with Crippen LogP contribution in [0.4, 0.5) is 9.39 Å². The minimum atomic E-state index is -0.934. The first kappa shape index (κ1) is 26.9. The smallest absolute Gasteiger partial charge is 0.262 e. The number of aliphatic hydroxyl groups excluding tert-OH is 1. The number of carbonyl (C=O) groups excluding carboxylic acids is 2. The zero-order valence-electron chi connectivity index (χ0n) is 22.5. The molecule has 3 aliphatic heterocycles. The minimum Gasteiger partial charge on any atom is -0.386 e. The molecule has 0 aliphatic carbocycles. The van der Waals surface area contributed by atoms with Gasteiger partial charge in [0.1, 0.15) is 21.8 Å². The van der Waals surface area contributed by atoms with Crippen molar-refractivity contribution in [3.05, 3.63) is 64.3 Å². The number of halogens is 1. The number of thiophene rings is 1. The lowest BCUT2D eigenvalue weighted by atomic mass is 9.83. The first-order valence-corrected chi connectivity index (χ1v) is 14.3. The Morgan fingerprint density at radius 3 is 2.42 bits per heavy atom. The Bertz CT molecular complexity index is 1460. The van der Waals surface area contributed by atoms with Crippen molar-refractivity contribution < 1.29 is 28.6 Å². The maximum atomic E-state index is 15.2. The number of amides is 2. The summed E-state index contributed by atoms with van der Waals surface area (Å²) in [7, 11) is 0. The van der Waals surface area contributed by atoms with Gasteiger partial charge in [0.15, 0.2) is 0 Å². The van der Waals surface area contributed by atoms with Crippen LogP contribution in [0.15, 0.2) is 42.5 Å². The number of nitrogens with zero attached hydrogens (tertiary/aromatic N) is 2. The summed E-state index contributed by atoms with van der Waals surface area (Å²) in [4.78, 5) is 30.7. The number of hydrogen-bond acceptors (Lipinski definition) is 7. The van der Waals surface area contributed by atoms with Gasteiger partial charge in [0, 0.05) is 48.4 Å². The van der Waals surface area contributed by atoms with Gasteiger partial charge in [-0.1, -0.05) is 18.2 Å². The molecule has 8 nitrogen and oxygen atoms in total. The number of nitrogens with one attached hydrogen (secondary N) is 1. The minimum absolute atomic E-state index is 0.154. The Morgan fingerprint density at radius 2 is 1.70 bits per heavy atom. The van der Waals surface area contributed by atoms with Crippen LogP contribution in [0.5, 0.6) is 0 Å². The molecule has 10 heteroatoms. The number of rotatable bonds is 4. The van der Waals surface area contributed by atoms with Crippen LogP contribution in [0.2, 0.25) is 0 Å². The van der Waals surface area contributed by atoms with Gasteiger partial charge in [-0.05, 0) is 49.2 Å². The molecular weight excluding hydrogens is 533 g/mol. The molecule has 2 aromatic carbocycles. The first-order chi connectivity index (χ1) is 19.2. The van der Waals surface area contributed by atoms with E-state index in [1.807, 2.05) is 24.3 Å². The van der Waals surface area contributed by atoms with Crippen molar-refractivity contribution in [2.75, 3.05) is 57.5 Å². The Kier molecular flexibility index (Phi) is 7.12. The predicted octanol–water partition coefficient (Wildman–Crippen LogP) is 4.09. The van der Waals surface area contributed by atoms with E-state index in [1.54, 1.807) is 24.8 Å². The van der Waals surface area contributed by atoms with Crippen LogP contribution in [0.25, 0.3) is 22.3 Å². The van der Waals surface area contributed by atoms with Gasteiger partial charge in [-0.2, -0.15) is 0 Å². The average molecular weight is 566 g/mol. The topological polar surface area (TPSA) is 91.3 Å². The quantitative estimate of drug-likeness (QED) is 0.496. The van der Waals surface area contributed by atoms with Crippen LogP contribution in [0, 0.1) is 5.82 Å². The maximum Gasteiger partial charge on any atom is 0.262 e. The fraction of sp³-hybridized carbons (Fsp3) is 0.400. The summed E-state index contributed by atoms with van der Waals surface area (Å²) in [6, 6.07) is 11.9. The van der Waals surface area contributed by atoms with E-state index in [-0.39, 0.29) is 11.8 Å². The highest BCUT2D eigenvalue weighted by Crippen LogP contribution is 2.50. The molecular formula is C30H32FN3O5S. The molecule has 2 N–H and O–H groups in total. The fourth-order valence-corrected chi connectivity index (χ4v) is 6.88. The molecule has 4 heterocycles. The first-order valence-electron chi connectivity index (χ1n) is 13.5.